The SMILES string of the molecule is CNC(=O)[C@H](C)N(Cc1ccc(Cl)cc1)C(=O)COc1ccc2ccccc2c1Br. The predicted molar refractivity (Wildman–Crippen MR) is 123 cm³/mol. The van der Waals surface area contributed by atoms with Gasteiger partial charge in [0.2, 0.25) is 5.91 Å². The van der Waals surface area contributed by atoms with Crippen LogP contribution in [0.15, 0.2) is 65.1 Å². The molecule has 0 aromatic heterocycles. The largest absolute Gasteiger partial charge is 0.483 e. The molecule has 0 spiro atoms. The second kappa shape index (κ2) is 9.96. The van der Waals surface area contributed by atoms with Crippen molar-refractivity contribution >= 4 is 50.1 Å². The lowest BCUT2D eigenvalue weighted by molar-refractivity contribution is -0.142. The van der Waals surface area contributed by atoms with E-state index in [1.165, 1.54) is 4.90 Å². The van der Waals surface area contributed by atoms with Gasteiger partial charge in [0.1, 0.15) is 11.8 Å². The normalized spacial score (nSPS) is 11.7. The molecule has 156 valence electrons. The van der Waals surface area contributed by atoms with E-state index < -0.39 is 6.04 Å². The first-order valence-electron chi connectivity index (χ1n) is 9.46. The number of fused-ring (bicyclic) bond motifs is 1. The lowest BCUT2D eigenvalue weighted by Crippen LogP contribution is -2.48. The number of hydrogen-bond donors (Lipinski definition) is 1. The Morgan fingerprint density at radius 1 is 1.10 bits per heavy atom. The van der Waals surface area contributed by atoms with Gasteiger partial charge in [-0.3, -0.25) is 9.59 Å². The zero-order valence-electron chi connectivity index (χ0n) is 16.7. The second-order valence-electron chi connectivity index (χ2n) is 6.83. The minimum atomic E-state index is -0.651. The second-order valence-corrected chi connectivity index (χ2v) is 8.06. The molecule has 30 heavy (non-hydrogen) atoms. The van der Waals surface area contributed by atoms with E-state index >= 15 is 0 Å². The topological polar surface area (TPSA) is 58.6 Å². The van der Waals surface area contributed by atoms with E-state index in [1.807, 2.05) is 48.5 Å². The highest BCUT2D eigenvalue weighted by molar-refractivity contribution is 9.10. The summed E-state index contributed by atoms with van der Waals surface area (Å²) in [6, 6.07) is 18.2. The number of carbonyl (C=O) groups is 2. The molecule has 3 aromatic rings. The Balaban J connectivity index is 1.78. The van der Waals surface area contributed by atoms with Crippen LogP contribution in [0.25, 0.3) is 10.8 Å². The number of rotatable bonds is 7. The van der Waals surface area contributed by atoms with Gasteiger partial charge in [-0.15, -0.1) is 0 Å². The molecule has 3 aromatic carbocycles. The van der Waals surface area contributed by atoms with Crippen LogP contribution in [-0.4, -0.2) is 36.4 Å². The van der Waals surface area contributed by atoms with Crippen LogP contribution in [0.5, 0.6) is 5.75 Å². The van der Waals surface area contributed by atoms with Gasteiger partial charge in [0, 0.05) is 18.6 Å². The van der Waals surface area contributed by atoms with Crippen molar-refractivity contribution in [2.24, 2.45) is 0 Å². The number of nitrogens with zero attached hydrogens (tertiary/aromatic N) is 1. The average Bonchev–Trinajstić information content (AvgIpc) is 2.77. The van der Waals surface area contributed by atoms with Crippen LogP contribution in [0, 0.1) is 0 Å². The molecule has 0 aliphatic carbocycles. The zero-order valence-corrected chi connectivity index (χ0v) is 19.0. The van der Waals surface area contributed by atoms with Crippen LogP contribution in [0.1, 0.15) is 12.5 Å². The van der Waals surface area contributed by atoms with Crippen molar-refractivity contribution < 1.29 is 14.3 Å². The van der Waals surface area contributed by atoms with Crippen LogP contribution in [0.4, 0.5) is 0 Å². The molecule has 3 rings (SSSR count). The summed E-state index contributed by atoms with van der Waals surface area (Å²) < 4.78 is 6.61. The van der Waals surface area contributed by atoms with E-state index in [9.17, 15) is 9.59 Å². The van der Waals surface area contributed by atoms with Gasteiger partial charge >= 0.3 is 0 Å². The highest BCUT2D eigenvalue weighted by Crippen LogP contribution is 2.33. The van der Waals surface area contributed by atoms with Gasteiger partial charge in [-0.2, -0.15) is 0 Å². The number of ether oxygens (including phenoxy) is 1. The third-order valence-corrected chi connectivity index (χ3v) is 5.93. The summed E-state index contributed by atoms with van der Waals surface area (Å²) in [6.45, 7) is 1.78. The summed E-state index contributed by atoms with van der Waals surface area (Å²) in [5.74, 6) is 0.0337. The Morgan fingerprint density at radius 3 is 2.50 bits per heavy atom. The minimum Gasteiger partial charge on any atom is -0.483 e. The Hall–Kier alpha value is -2.57. The predicted octanol–water partition coefficient (Wildman–Crippen LogP) is 4.80. The molecule has 7 heteroatoms. The van der Waals surface area contributed by atoms with Crippen molar-refractivity contribution in [1.82, 2.24) is 10.2 Å². The summed E-state index contributed by atoms with van der Waals surface area (Å²) in [5, 5.41) is 5.28. The Morgan fingerprint density at radius 2 is 1.80 bits per heavy atom. The fraction of sp³-hybridized carbons (Fsp3) is 0.217. The number of benzene rings is 3. The Labute approximate surface area is 189 Å². The number of hydrogen-bond acceptors (Lipinski definition) is 3. The quantitative estimate of drug-likeness (QED) is 0.519. The van der Waals surface area contributed by atoms with Crippen molar-refractivity contribution in [2.45, 2.75) is 19.5 Å². The zero-order chi connectivity index (χ0) is 21.7. The van der Waals surface area contributed by atoms with E-state index in [1.54, 1.807) is 26.1 Å². The molecule has 0 bridgehead atoms. The van der Waals surface area contributed by atoms with Gasteiger partial charge in [0.25, 0.3) is 5.91 Å². The summed E-state index contributed by atoms with van der Waals surface area (Å²) >= 11 is 9.52. The summed E-state index contributed by atoms with van der Waals surface area (Å²) in [6.07, 6.45) is 0. The molecule has 0 saturated carbocycles. The highest BCUT2D eigenvalue weighted by atomic mass is 79.9. The number of nitrogens with one attached hydrogen (secondary N) is 1. The van der Waals surface area contributed by atoms with E-state index in [-0.39, 0.29) is 25.0 Å². The third-order valence-electron chi connectivity index (χ3n) is 4.86. The van der Waals surface area contributed by atoms with Gasteiger partial charge in [-0.1, -0.05) is 54.1 Å². The number of carbonyl (C=O) groups excluding carboxylic acids is 2. The van der Waals surface area contributed by atoms with Gasteiger partial charge in [0.15, 0.2) is 6.61 Å². The maximum absolute atomic E-state index is 13.0. The van der Waals surface area contributed by atoms with Crippen molar-refractivity contribution in [3.05, 3.63) is 75.7 Å². The smallest absolute Gasteiger partial charge is 0.261 e. The van der Waals surface area contributed by atoms with Gasteiger partial charge < -0.3 is 15.0 Å². The fourth-order valence-corrected chi connectivity index (χ4v) is 3.86. The summed E-state index contributed by atoms with van der Waals surface area (Å²) in [5.41, 5.74) is 0.871. The van der Waals surface area contributed by atoms with Gasteiger partial charge in [0.05, 0.1) is 4.47 Å². The lowest BCUT2D eigenvalue weighted by Gasteiger charge is -2.28. The van der Waals surface area contributed by atoms with Crippen molar-refractivity contribution in [3.63, 3.8) is 0 Å². The summed E-state index contributed by atoms with van der Waals surface area (Å²) in [7, 11) is 1.55. The highest BCUT2D eigenvalue weighted by Gasteiger charge is 2.26. The molecule has 0 radical (unpaired) electrons. The number of halogens is 2. The molecule has 2 amide bonds. The molecule has 0 heterocycles. The molecule has 1 atom stereocenters. The lowest BCUT2D eigenvalue weighted by atomic mass is 10.1. The molecule has 5 nitrogen and oxygen atoms in total. The molecule has 0 aliphatic rings. The molecule has 0 aliphatic heterocycles. The maximum atomic E-state index is 13.0. The third kappa shape index (κ3) is 5.12. The monoisotopic (exact) mass is 488 g/mol. The summed E-state index contributed by atoms with van der Waals surface area (Å²) in [4.78, 5) is 26.7. The average molecular weight is 490 g/mol. The van der Waals surface area contributed by atoms with Crippen molar-refractivity contribution in [1.29, 1.82) is 0 Å². The standard InChI is InChI=1S/C23H22BrClN2O3/c1-15(23(29)26-2)27(13-16-7-10-18(25)11-8-16)21(28)14-30-20-12-9-17-5-3-4-6-19(17)22(20)24/h3-12,15H,13-14H2,1-2H3,(H,26,29)/t15-/m0/s1. The van der Waals surface area contributed by atoms with Crippen molar-refractivity contribution in [3.8, 4) is 5.75 Å². The first-order valence-corrected chi connectivity index (χ1v) is 10.6. The van der Waals surface area contributed by atoms with E-state index in [4.69, 9.17) is 16.3 Å². The van der Waals surface area contributed by atoms with E-state index in [2.05, 4.69) is 21.2 Å². The fourth-order valence-electron chi connectivity index (χ4n) is 3.13. The van der Waals surface area contributed by atoms with Gasteiger partial charge in [-0.25, -0.2) is 0 Å². The molecule has 0 fully saturated rings. The first-order chi connectivity index (χ1) is 14.4. The van der Waals surface area contributed by atoms with Crippen LogP contribution < -0.4 is 10.1 Å². The van der Waals surface area contributed by atoms with Crippen LogP contribution in [-0.2, 0) is 16.1 Å². The van der Waals surface area contributed by atoms with Crippen molar-refractivity contribution in [2.75, 3.05) is 13.7 Å². The molecular weight excluding hydrogens is 468 g/mol. The first kappa shape index (κ1) is 22.1. The Kier molecular flexibility index (Phi) is 7.34. The molecule has 0 saturated heterocycles. The van der Waals surface area contributed by atoms with E-state index in [0.29, 0.717) is 10.8 Å². The number of amides is 2. The van der Waals surface area contributed by atoms with Crippen LogP contribution in [0.3, 0.4) is 0 Å². The van der Waals surface area contributed by atoms with Crippen LogP contribution in [0.2, 0.25) is 5.02 Å². The number of likely N-dealkylation sites (N-methyl/N-ethyl adjacent to an activating group) is 1. The Bertz CT molecular complexity index is 1060. The minimum absolute atomic E-state index is 0.189. The molecular formula is C23H22BrClN2O3. The van der Waals surface area contributed by atoms with E-state index in [0.717, 1.165) is 20.8 Å². The van der Waals surface area contributed by atoms with Crippen LogP contribution >= 0.6 is 27.5 Å². The maximum Gasteiger partial charge on any atom is 0.261 e. The van der Waals surface area contributed by atoms with Gasteiger partial charge in [-0.05, 0) is 57.4 Å². The molecule has 0 unspecified atom stereocenters. The molecule has 1 N–H and O–H groups in total.